The highest BCUT2D eigenvalue weighted by molar-refractivity contribution is 7.10. The zero-order valence-electron chi connectivity index (χ0n) is 4.82. The third-order valence-electron chi connectivity index (χ3n) is 1.04. The molecule has 50 valence electrons. The van der Waals surface area contributed by atoms with Crippen molar-refractivity contribution in [2.24, 2.45) is 0 Å². The van der Waals surface area contributed by atoms with Gasteiger partial charge < -0.3 is 10.2 Å². The lowest BCUT2D eigenvalue weighted by Crippen LogP contribution is -1.98. The lowest BCUT2D eigenvalue weighted by atomic mass is 10.3. The van der Waals surface area contributed by atoms with Gasteiger partial charge in [0.15, 0.2) is 0 Å². The van der Waals surface area contributed by atoms with Crippen LogP contribution in [0.4, 0.5) is 0 Å². The van der Waals surface area contributed by atoms with E-state index in [-0.39, 0.29) is 6.61 Å². The Morgan fingerprint density at radius 3 is 2.89 bits per heavy atom. The van der Waals surface area contributed by atoms with Crippen LogP contribution in [0.1, 0.15) is 11.0 Å². The molecular formula is C6H8O2S. The highest BCUT2D eigenvalue weighted by Gasteiger charge is 2.04. The van der Waals surface area contributed by atoms with E-state index in [4.69, 9.17) is 10.2 Å². The predicted octanol–water partition coefficient (Wildman–Crippen LogP) is 0.774. The second kappa shape index (κ2) is 2.96. The van der Waals surface area contributed by atoms with Crippen LogP contribution >= 0.6 is 11.3 Å². The molecule has 0 radical (unpaired) electrons. The zero-order valence-corrected chi connectivity index (χ0v) is 5.64. The van der Waals surface area contributed by atoms with E-state index in [1.54, 1.807) is 6.07 Å². The average Bonchev–Trinajstić information content (AvgIpc) is 2.37. The van der Waals surface area contributed by atoms with Crippen LogP contribution in [-0.4, -0.2) is 16.8 Å². The second-order valence-corrected chi connectivity index (χ2v) is 2.69. The van der Waals surface area contributed by atoms with Gasteiger partial charge in [0.2, 0.25) is 0 Å². The molecule has 0 saturated carbocycles. The van der Waals surface area contributed by atoms with E-state index < -0.39 is 6.10 Å². The first kappa shape index (κ1) is 6.74. The Hall–Kier alpha value is -0.380. The van der Waals surface area contributed by atoms with Crippen molar-refractivity contribution in [1.29, 1.82) is 0 Å². The molecule has 0 fully saturated rings. The van der Waals surface area contributed by atoms with Crippen molar-refractivity contribution in [2.75, 3.05) is 6.61 Å². The lowest BCUT2D eigenvalue weighted by molar-refractivity contribution is 0.0984. The van der Waals surface area contributed by atoms with Crippen LogP contribution in [0.3, 0.4) is 0 Å². The highest BCUT2D eigenvalue weighted by Crippen LogP contribution is 2.17. The summed E-state index contributed by atoms with van der Waals surface area (Å²) in [5.41, 5.74) is 0. The first-order chi connectivity index (χ1) is 4.34. The van der Waals surface area contributed by atoms with Crippen molar-refractivity contribution < 1.29 is 10.2 Å². The minimum absolute atomic E-state index is 0.194. The maximum Gasteiger partial charge on any atom is 0.111 e. The fraction of sp³-hybridized carbons (Fsp3) is 0.333. The normalized spacial score (nSPS) is 13.6. The molecule has 0 amide bonds. The summed E-state index contributed by atoms with van der Waals surface area (Å²) in [5.74, 6) is 0. The Morgan fingerprint density at radius 2 is 2.44 bits per heavy atom. The molecule has 1 heterocycles. The van der Waals surface area contributed by atoms with E-state index in [0.717, 1.165) is 4.88 Å². The van der Waals surface area contributed by atoms with Crippen LogP contribution in [0.2, 0.25) is 0 Å². The van der Waals surface area contributed by atoms with Crippen molar-refractivity contribution in [3.8, 4) is 0 Å². The number of aliphatic hydroxyl groups is 2. The van der Waals surface area contributed by atoms with E-state index in [1.165, 1.54) is 11.3 Å². The van der Waals surface area contributed by atoms with Gasteiger partial charge in [0.1, 0.15) is 6.10 Å². The Kier molecular flexibility index (Phi) is 2.22. The zero-order chi connectivity index (χ0) is 6.69. The van der Waals surface area contributed by atoms with Gasteiger partial charge >= 0.3 is 0 Å². The van der Waals surface area contributed by atoms with Crippen LogP contribution in [0.15, 0.2) is 17.5 Å². The summed E-state index contributed by atoms with van der Waals surface area (Å²) in [6, 6.07) is 3.64. The van der Waals surface area contributed by atoms with Gasteiger partial charge in [-0.1, -0.05) is 6.07 Å². The summed E-state index contributed by atoms with van der Waals surface area (Å²) in [6.45, 7) is -0.194. The molecule has 1 atom stereocenters. The Bertz CT molecular complexity index is 160. The van der Waals surface area contributed by atoms with E-state index >= 15 is 0 Å². The van der Waals surface area contributed by atoms with E-state index in [0.29, 0.717) is 0 Å². The highest BCUT2D eigenvalue weighted by atomic mass is 32.1. The maximum atomic E-state index is 8.98. The minimum Gasteiger partial charge on any atom is -0.393 e. The molecule has 2 nitrogen and oxygen atoms in total. The first-order valence-electron chi connectivity index (χ1n) is 2.67. The Balaban J connectivity index is 2.65. The topological polar surface area (TPSA) is 40.5 Å². The fourth-order valence-electron chi connectivity index (χ4n) is 0.571. The summed E-state index contributed by atoms with van der Waals surface area (Å²) >= 11 is 1.45. The molecule has 1 aromatic heterocycles. The molecule has 0 spiro atoms. The average molecular weight is 144 g/mol. The number of hydrogen-bond donors (Lipinski definition) is 2. The molecule has 0 unspecified atom stereocenters. The standard InChI is InChI=1S/C6H8O2S/c7-4-5(8)6-2-1-3-9-6/h1-3,5,7-8H,4H2/t5-/m1/s1. The molecule has 0 aliphatic heterocycles. The molecule has 3 heteroatoms. The van der Waals surface area contributed by atoms with Crippen molar-refractivity contribution in [3.63, 3.8) is 0 Å². The second-order valence-electron chi connectivity index (χ2n) is 1.71. The third kappa shape index (κ3) is 1.51. The quantitative estimate of drug-likeness (QED) is 0.643. The molecule has 0 bridgehead atoms. The smallest absolute Gasteiger partial charge is 0.111 e. The number of aliphatic hydroxyl groups excluding tert-OH is 2. The van der Waals surface area contributed by atoms with E-state index in [9.17, 15) is 0 Å². The van der Waals surface area contributed by atoms with E-state index in [2.05, 4.69) is 0 Å². The van der Waals surface area contributed by atoms with Crippen LogP contribution < -0.4 is 0 Å². The fourth-order valence-corrected chi connectivity index (χ4v) is 1.27. The molecule has 0 aliphatic rings. The van der Waals surface area contributed by atoms with Gasteiger partial charge in [-0.2, -0.15) is 0 Å². The van der Waals surface area contributed by atoms with Crippen LogP contribution in [0.5, 0.6) is 0 Å². The summed E-state index contributed by atoms with van der Waals surface area (Å²) in [5, 5.41) is 19.3. The third-order valence-corrected chi connectivity index (χ3v) is 2.02. The van der Waals surface area contributed by atoms with Crippen LogP contribution in [-0.2, 0) is 0 Å². The summed E-state index contributed by atoms with van der Waals surface area (Å²) < 4.78 is 0. The van der Waals surface area contributed by atoms with Gasteiger partial charge in [-0.15, -0.1) is 11.3 Å². The number of thiophene rings is 1. The van der Waals surface area contributed by atoms with Crippen molar-refractivity contribution in [3.05, 3.63) is 22.4 Å². The summed E-state index contributed by atoms with van der Waals surface area (Å²) in [6.07, 6.45) is -0.690. The minimum atomic E-state index is -0.690. The van der Waals surface area contributed by atoms with Gasteiger partial charge in [0, 0.05) is 4.88 Å². The van der Waals surface area contributed by atoms with E-state index in [1.807, 2.05) is 11.4 Å². The molecular weight excluding hydrogens is 136 g/mol. The van der Waals surface area contributed by atoms with Gasteiger partial charge in [-0.3, -0.25) is 0 Å². The molecule has 1 aromatic rings. The Morgan fingerprint density at radius 1 is 1.67 bits per heavy atom. The molecule has 0 aliphatic carbocycles. The molecule has 9 heavy (non-hydrogen) atoms. The van der Waals surface area contributed by atoms with Crippen LogP contribution in [0.25, 0.3) is 0 Å². The summed E-state index contributed by atoms with van der Waals surface area (Å²) in [7, 11) is 0. The number of hydrogen-bond acceptors (Lipinski definition) is 3. The molecule has 1 rings (SSSR count). The van der Waals surface area contributed by atoms with Gasteiger partial charge in [0.05, 0.1) is 6.61 Å². The van der Waals surface area contributed by atoms with Gasteiger partial charge in [-0.25, -0.2) is 0 Å². The first-order valence-corrected chi connectivity index (χ1v) is 3.55. The Labute approximate surface area is 57.4 Å². The van der Waals surface area contributed by atoms with Crippen molar-refractivity contribution in [2.45, 2.75) is 6.10 Å². The van der Waals surface area contributed by atoms with Gasteiger partial charge in [0.25, 0.3) is 0 Å². The van der Waals surface area contributed by atoms with Crippen LogP contribution in [0, 0.1) is 0 Å². The number of rotatable bonds is 2. The van der Waals surface area contributed by atoms with Crippen molar-refractivity contribution >= 4 is 11.3 Å². The largest absolute Gasteiger partial charge is 0.393 e. The molecule has 0 saturated heterocycles. The monoisotopic (exact) mass is 144 g/mol. The SMILES string of the molecule is OC[C@@H](O)c1cccs1. The lowest BCUT2D eigenvalue weighted by Gasteiger charge is -2.00. The molecule has 2 N–H and O–H groups in total. The molecule has 0 aromatic carbocycles. The summed E-state index contributed by atoms with van der Waals surface area (Å²) in [4.78, 5) is 0.817. The maximum absolute atomic E-state index is 8.98. The predicted molar refractivity (Wildman–Crippen MR) is 36.4 cm³/mol. The van der Waals surface area contributed by atoms with Crippen molar-refractivity contribution in [1.82, 2.24) is 0 Å². The van der Waals surface area contributed by atoms with Gasteiger partial charge in [-0.05, 0) is 11.4 Å².